The summed E-state index contributed by atoms with van der Waals surface area (Å²) in [5, 5.41) is 6.26. The normalized spacial score (nSPS) is 17.1. The zero-order valence-corrected chi connectivity index (χ0v) is 17.3. The number of benzene rings is 1. The van der Waals surface area contributed by atoms with Crippen molar-refractivity contribution in [3.05, 3.63) is 46.6 Å². The van der Waals surface area contributed by atoms with Crippen LogP contribution in [0.25, 0.3) is 0 Å². The van der Waals surface area contributed by atoms with E-state index >= 15 is 0 Å². The van der Waals surface area contributed by atoms with Crippen LogP contribution in [0.5, 0.6) is 0 Å². The second-order valence-corrected chi connectivity index (χ2v) is 7.69. The highest BCUT2D eigenvalue weighted by molar-refractivity contribution is 7.80. The van der Waals surface area contributed by atoms with E-state index in [-0.39, 0.29) is 22.9 Å². The minimum Gasteiger partial charge on any atom is -0.358 e. The number of alkyl halides is 3. The topological polar surface area (TPSA) is 53.1 Å². The Labute approximate surface area is 177 Å². The molecule has 3 rings (SSSR count). The molecule has 5 nitrogen and oxygen atoms in total. The van der Waals surface area contributed by atoms with Crippen molar-refractivity contribution in [3.63, 3.8) is 0 Å². The Balaban J connectivity index is 1.77. The number of hydrogen-bond donors (Lipinski definition) is 2. The van der Waals surface area contributed by atoms with Crippen molar-refractivity contribution in [2.45, 2.75) is 44.9 Å². The molecule has 1 fully saturated rings. The van der Waals surface area contributed by atoms with Gasteiger partial charge in [-0.2, -0.15) is 18.2 Å². The molecule has 1 aliphatic heterocycles. The van der Waals surface area contributed by atoms with Crippen molar-refractivity contribution >= 4 is 40.7 Å². The van der Waals surface area contributed by atoms with Crippen LogP contribution in [0.1, 0.15) is 37.4 Å². The molecule has 10 heteroatoms. The van der Waals surface area contributed by atoms with E-state index < -0.39 is 11.9 Å². The van der Waals surface area contributed by atoms with Gasteiger partial charge in [0.2, 0.25) is 5.95 Å². The second-order valence-electron chi connectivity index (χ2n) is 6.87. The monoisotopic (exact) mass is 443 g/mol. The highest BCUT2D eigenvalue weighted by Gasteiger charge is 2.35. The molecule has 156 valence electrons. The highest BCUT2D eigenvalue weighted by Crippen LogP contribution is 2.32. The van der Waals surface area contributed by atoms with E-state index in [2.05, 4.69) is 20.6 Å². The zero-order valence-electron chi connectivity index (χ0n) is 15.8. The van der Waals surface area contributed by atoms with Crippen LogP contribution < -0.4 is 15.5 Å². The van der Waals surface area contributed by atoms with Gasteiger partial charge in [0.1, 0.15) is 5.82 Å². The van der Waals surface area contributed by atoms with Gasteiger partial charge in [-0.3, -0.25) is 0 Å². The maximum absolute atomic E-state index is 13.4. The van der Waals surface area contributed by atoms with Crippen LogP contribution in [-0.2, 0) is 12.7 Å². The second kappa shape index (κ2) is 9.13. The number of nitrogens with one attached hydrogen (secondary N) is 2. The van der Waals surface area contributed by atoms with Crippen molar-refractivity contribution in [3.8, 4) is 0 Å². The Morgan fingerprint density at radius 2 is 2.03 bits per heavy atom. The summed E-state index contributed by atoms with van der Waals surface area (Å²) in [6.45, 7) is 2.96. The summed E-state index contributed by atoms with van der Waals surface area (Å²) in [5.41, 5.74) is -0.192. The zero-order chi connectivity index (χ0) is 21.0. The molecular weight excluding hydrogens is 423 g/mol. The fraction of sp³-hybridized carbons (Fsp3) is 0.421. The maximum Gasteiger partial charge on any atom is 0.433 e. The van der Waals surface area contributed by atoms with Crippen molar-refractivity contribution in [1.29, 1.82) is 0 Å². The third kappa shape index (κ3) is 5.70. The van der Waals surface area contributed by atoms with Crippen molar-refractivity contribution in [2.24, 2.45) is 0 Å². The third-order valence-electron chi connectivity index (χ3n) is 4.72. The summed E-state index contributed by atoms with van der Waals surface area (Å²) in [6, 6.07) is 8.32. The van der Waals surface area contributed by atoms with E-state index in [1.54, 1.807) is 6.07 Å². The van der Waals surface area contributed by atoms with Crippen LogP contribution in [0.4, 0.5) is 24.9 Å². The standard InChI is InChI=1S/C19H21ClF3N5S/c1-12-6-4-5-9-28(12)16-10-15(19(21,22)23)25-17(26-16)27-18(29)24-11-13-7-2-3-8-14(13)20/h2-3,7-8,10,12H,4-6,9,11H2,1H3,(H2,24,25,26,27,29). The van der Waals surface area contributed by atoms with Crippen molar-refractivity contribution in [1.82, 2.24) is 15.3 Å². The number of aromatic nitrogens is 2. The molecule has 0 bridgehead atoms. The quantitative estimate of drug-likeness (QED) is 0.647. The largest absolute Gasteiger partial charge is 0.433 e. The first-order chi connectivity index (χ1) is 13.7. The summed E-state index contributed by atoms with van der Waals surface area (Å²) >= 11 is 11.3. The van der Waals surface area contributed by atoms with Gasteiger partial charge in [-0.05, 0) is 50.0 Å². The minimum absolute atomic E-state index is 0.109. The van der Waals surface area contributed by atoms with Crippen LogP contribution in [0.15, 0.2) is 30.3 Å². The summed E-state index contributed by atoms with van der Waals surface area (Å²) in [6.07, 6.45) is -1.71. The fourth-order valence-corrected chi connectivity index (χ4v) is 3.55. The van der Waals surface area contributed by atoms with E-state index in [4.69, 9.17) is 23.8 Å². The molecule has 1 aromatic heterocycles. The molecule has 2 heterocycles. The molecule has 1 saturated heterocycles. The first-order valence-corrected chi connectivity index (χ1v) is 10.0. The molecule has 1 aromatic carbocycles. The first kappa shape index (κ1) is 21.6. The number of anilines is 2. The number of thiocarbonyl (C=S) groups is 1. The smallest absolute Gasteiger partial charge is 0.358 e. The van der Waals surface area contributed by atoms with Gasteiger partial charge in [0.05, 0.1) is 0 Å². The van der Waals surface area contributed by atoms with Crippen molar-refractivity contribution < 1.29 is 13.2 Å². The fourth-order valence-electron chi connectivity index (χ4n) is 3.18. The number of hydrogen-bond acceptors (Lipinski definition) is 4. The lowest BCUT2D eigenvalue weighted by Crippen LogP contribution is -2.38. The predicted molar refractivity (Wildman–Crippen MR) is 112 cm³/mol. The van der Waals surface area contributed by atoms with Crippen LogP contribution >= 0.6 is 23.8 Å². The van der Waals surface area contributed by atoms with Gasteiger partial charge in [0.15, 0.2) is 10.8 Å². The van der Waals surface area contributed by atoms with E-state index in [0.29, 0.717) is 18.1 Å². The van der Waals surface area contributed by atoms with Gasteiger partial charge in [-0.15, -0.1) is 0 Å². The summed E-state index contributed by atoms with van der Waals surface area (Å²) < 4.78 is 40.1. The molecule has 0 radical (unpaired) electrons. The van der Waals surface area contributed by atoms with Crippen LogP contribution in [0.2, 0.25) is 5.02 Å². The minimum atomic E-state index is -4.58. The molecular formula is C19H21ClF3N5S. The first-order valence-electron chi connectivity index (χ1n) is 9.25. The van der Waals surface area contributed by atoms with Crippen LogP contribution in [0, 0.1) is 0 Å². The average Bonchev–Trinajstić information content (AvgIpc) is 2.67. The van der Waals surface area contributed by atoms with Gasteiger partial charge in [-0.25, -0.2) is 4.98 Å². The number of piperidine rings is 1. The van der Waals surface area contributed by atoms with Gasteiger partial charge >= 0.3 is 6.18 Å². The summed E-state index contributed by atoms with van der Waals surface area (Å²) in [7, 11) is 0. The highest BCUT2D eigenvalue weighted by atomic mass is 35.5. The molecule has 1 atom stereocenters. The predicted octanol–water partition coefficient (Wildman–Crippen LogP) is 5.01. The number of nitrogens with zero attached hydrogens (tertiary/aromatic N) is 3. The molecule has 0 amide bonds. The van der Waals surface area contributed by atoms with E-state index in [1.165, 1.54) is 0 Å². The number of rotatable bonds is 4. The molecule has 0 aliphatic carbocycles. The van der Waals surface area contributed by atoms with E-state index in [0.717, 1.165) is 30.9 Å². The lowest BCUT2D eigenvalue weighted by molar-refractivity contribution is -0.141. The van der Waals surface area contributed by atoms with Gasteiger partial charge in [0, 0.05) is 30.2 Å². The molecule has 2 aromatic rings. The van der Waals surface area contributed by atoms with Crippen LogP contribution in [0.3, 0.4) is 0 Å². The Morgan fingerprint density at radius 3 is 2.72 bits per heavy atom. The molecule has 0 saturated carbocycles. The van der Waals surface area contributed by atoms with Crippen LogP contribution in [-0.4, -0.2) is 27.7 Å². The third-order valence-corrected chi connectivity index (χ3v) is 5.34. The molecule has 1 aliphatic rings. The van der Waals surface area contributed by atoms with E-state index in [1.807, 2.05) is 30.0 Å². The van der Waals surface area contributed by atoms with Gasteiger partial charge < -0.3 is 15.5 Å². The maximum atomic E-state index is 13.4. The Morgan fingerprint density at radius 1 is 1.28 bits per heavy atom. The molecule has 2 N–H and O–H groups in total. The Kier molecular flexibility index (Phi) is 6.79. The van der Waals surface area contributed by atoms with E-state index in [9.17, 15) is 13.2 Å². The molecule has 1 unspecified atom stereocenters. The van der Waals surface area contributed by atoms with Gasteiger partial charge in [0.25, 0.3) is 0 Å². The number of halogens is 4. The lowest BCUT2D eigenvalue weighted by Gasteiger charge is -2.34. The van der Waals surface area contributed by atoms with Gasteiger partial charge in [-0.1, -0.05) is 29.8 Å². The molecule has 0 spiro atoms. The Bertz CT molecular complexity index is 877. The lowest BCUT2D eigenvalue weighted by atomic mass is 10.0. The average molecular weight is 444 g/mol. The SMILES string of the molecule is CC1CCCCN1c1cc(C(F)(F)F)nc(NC(=S)NCc2ccccc2Cl)n1. The Hall–Kier alpha value is -2.13. The van der Waals surface area contributed by atoms with Crippen molar-refractivity contribution in [2.75, 3.05) is 16.8 Å². The summed E-state index contributed by atoms with van der Waals surface area (Å²) in [5.74, 6) is 0.0557. The molecule has 29 heavy (non-hydrogen) atoms. The summed E-state index contributed by atoms with van der Waals surface area (Å²) in [4.78, 5) is 9.77.